The Kier molecular flexibility index (Phi) is 6.11. The lowest BCUT2D eigenvalue weighted by molar-refractivity contribution is 0.301. The molecule has 2 unspecified atom stereocenters. The van der Waals surface area contributed by atoms with Gasteiger partial charge in [-0.25, -0.2) is 4.99 Å². The molecule has 0 amide bonds. The van der Waals surface area contributed by atoms with Gasteiger partial charge >= 0.3 is 0 Å². The van der Waals surface area contributed by atoms with Crippen molar-refractivity contribution < 1.29 is 0 Å². The van der Waals surface area contributed by atoms with E-state index in [4.69, 9.17) is 6.42 Å². The van der Waals surface area contributed by atoms with Gasteiger partial charge in [0.1, 0.15) is 0 Å². The average molecular weight is 219 g/mol. The summed E-state index contributed by atoms with van der Waals surface area (Å²) >= 11 is 0. The van der Waals surface area contributed by atoms with Crippen LogP contribution in [0.2, 0.25) is 0 Å². The maximum Gasteiger partial charge on any atom is 0.0328 e. The van der Waals surface area contributed by atoms with Crippen LogP contribution < -0.4 is 0 Å². The predicted octanol–water partition coefficient (Wildman–Crippen LogP) is 4.30. The second-order valence-electron chi connectivity index (χ2n) is 5.48. The van der Waals surface area contributed by atoms with Gasteiger partial charge in [-0.15, -0.1) is 6.58 Å². The zero-order valence-corrected chi connectivity index (χ0v) is 11.4. The van der Waals surface area contributed by atoms with Crippen LogP contribution in [0.1, 0.15) is 47.5 Å². The minimum Gasteiger partial charge on any atom is -0.207 e. The first-order valence-electron chi connectivity index (χ1n) is 6.01. The summed E-state index contributed by atoms with van der Waals surface area (Å²) in [7, 11) is 0. The number of aliphatic imine (C=N–C) groups is 1. The van der Waals surface area contributed by atoms with Gasteiger partial charge < -0.3 is 0 Å². The zero-order valence-electron chi connectivity index (χ0n) is 11.4. The van der Waals surface area contributed by atoms with Crippen molar-refractivity contribution in [1.29, 1.82) is 0 Å². The highest BCUT2D eigenvalue weighted by Gasteiger charge is 2.28. The Balaban J connectivity index is 4.98. The Hall–Kier alpha value is -1.03. The van der Waals surface area contributed by atoms with E-state index in [2.05, 4.69) is 52.2 Å². The summed E-state index contributed by atoms with van der Waals surface area (Å²) in [5.74, 6) is 0.884. The lowest BCUT2D eigenvalue weighted by Gasteiger charge is -2.31. The normalized spacial score (nSPS) is 16.4. The first-order chi connectivity index (χ1) is 7.36. The smallest absolute Gasteiger partial charge is 0.0328 e. The van der Waals surface area contributed by atoms with E-state index in [9.17, 15) is 0 Å². The molecule has 0 bridgehead atoms. The standard InChI is InChI=1S/C15H25N/c1-8-12(4)11-14(16-10-3)13(9-2)15(5,6)7/h3,8,12-13H,1,9,11H2,2,4-7H3/b16-14+. The highest BCUT2D eigenvalue weighted by atomic mass is 14.7. The van der Waals surface area contributed by atoms with Crippen LogP contribution in [0.5, 0.6) is 0 Å². The summed E-state index contributed by atoms with van der Waals surface area (Å²) < 4.78 is 0. The Labute approximate surface area is 101 Å². The van der Waals surface area contributed by atoms with Crippen molar-refractivity contribution in [2.24, 2.45) is 22.2 Å². The molecule has 0 saturated heterocycles. The quantitative estimate of drug-likeness (QED) is 0.371. The number of nitrogens with zero attached hydrogens (tertiary/aromatic N) is 1. The number of hydrogen-bond donors (Lipinski definition) is 0. The van der Waals surface area contributed by atoms with Crippen molar-refractivity contribution >= 4 is 5.71 Å². The van der Waals surface area contributed by atoms with E-state index in [0.29, 0.717) is 11.8 Å². The van der Waals surface area contributed by atoms with Crippen molar-refractivity contribution in [3.8, 4) is 12.5 Å². The molecule has 0 rings (SSSR count). The van der Waals surface area contributed by atoms with Gasteiger partial charge in [0.15, 0.2) is 0 Å². The van der Waals surface area contributed by atoms with Crippen LogP contribution in [-0.4, -0.2) is 5.71 Å². The van der Waals surface area contributed by atoms with Crippen LogP contribution in [0.4, 0.5) is 0 Å². The number of rotatable bonds is 5. The van der Waals surface area contributed by atoms with Crippen molar-refractivity contribution in [2.45, 2.75) is 47.5 Å². The van der Waals surface area contributed by atoms with Crippen LogP contribution in [0.15, 0.2) is 17.6 Å². The summed E-state index contributed by atoms with van der Waals surface area (Å²) in [6, 6.07) is 2.44. The topological polar surface area (TPSA) is 12.4 Å². The van der Waals surface area contributed by atoms with Gasteiger partial charge in [-0.05, 0) is 24.2 Å². The molecule has 0 aromatic carbocycles. The summed E-state index contributed by atoms with van der Waals surface area (Å²) in [6.07, 6.45) is 9.28. The highest BCUT2D eigenvalue weighted by Crippen LogP contribution is 2.32. The van der Waals surface area contributed by atoms with Gasteiger partial charge in [-0.2, -0.15) is 0 Å². The molecule has 1 heteroatoms. The molecule has 0 N–H and O–H groups in total. The van der Waals surface area contributed by atoms with E-state index >= 15 is 0 Å². The third kappa shape index (κ3) is 4.66. The molecular formula is C15H25N. The molecule has 16 heavy (non-hydrogen) atoms. The second-order valence-corrected chi connectivity index (χ2v) is 5.48. The van der Waals surface area contributed by atoms with Gasteiger partial charge in [0, 0.05) is 17.7 Å². The molecule has 0 aliphatic heterocycles. The Morgan fingerprint density at radius 1 is 1.50 bits per heavy atom. The zero-order chi connectivity index (χ0) is 12.8. The fourth-order valence-electron chi connectivity index (χ4n) is 2.11. The van der Waals surface area contributed by atoms with Crippen molar-refractivity contribution in [1.82, 2.24) is 0 Å². The fraction of sp³-hybridized carbons (Fsp3) is 0.667. The van der Waals surface area contributed by atoms with E-state index in [0.717, 1.165) is 18.6 Å². The molecule has 90 valence electrons. The van der Waals surface area contributed by atoms with E-state index < -0.39 is 0 Å². The van der Waals surface area contributed by atoms with Crippen molar-refractivity contribution in [3.05, 3.63) is 12.7 Å². The Morgan fingerprint density at radius 2 is 2.06 bits per heavy atom. The molecule has 0 radical (unpaired) electrons. The highest BCUT2D eigenvalue weighted by molar-refractivity contribution is 5.88. The third-order valence-electron chi connectivity index (χ3n) is 3.00. The van der Waals surface area contributed by atoms with Gasteiger partial charge in [-0.1, -0.05) is 47.1 Å². The van der Waals surface area contributed by atoms with Crippen molar-refractivity contribution in [3.63, 3.8) is 0 Å². The molecule has 0 aliphatic rings. The van der Waals surface area contributed by atoms with Gasteiger partial charge in [0.2, 0.25) is 0 Å². The first kappa shape index (κ1) is 15.0. The second kappa shape index (κ2) is 6.53. The molecule has 0 saturated carbocycles. The van der Waals surface area contributed by atoms with Gasteiger partial charge in [0.25, 0.3) is 0 Å². The first-order valence-corrected chi connectivity index (χ1v) is 6.01. The van der Waals surface area contributed by atoms with E-state index in [-0.39, 0.29) is 5.41 Å². The third-order valence-corrected chi connectivity index (χ3v) is 3.00. The molecule has 0 fully saturated rings. The van der Waals surface area contributed by atoms with E-state index in [1.165, 1.54) is 0 Å². The molecule has 0 spiro atoms. The van der Waals surface area contributed by atoms with E-state index in [1.807, 2.05) is 6.08 Å². The minimum absolute atomic E-state index is 0.214. The molecule has 0 heterocycles. The summed E-state index contributed by atoms with van der Waals surface area (Å²) in [5, 5.41) is 0. The van der Waals surface area contributed by atoms with Crippen LogP contribution in [-0.2, 0) is 0 Å². The van der Waals surface area contributed by atoms with Gasteiger partial charge in [-0.3, -0.25) is 0 Å². The maximum atomic E-state index is 5.32. The van der Waals surface area contributed by atoms with Crippen LogP contribution in [0.25, 0.3) is 0 Å². The monoisotopic (exact) mass is 219 g/mol. The summed E-state index contributed by atoms with van der Waals surface area (Å²) in [4.78, 5) is 4.25. The van der Waals surface area contributed by atoms with Crippen LogP contribution >= 0.6 is 0 Å². The van der Waals surface area contributed by atoms with Crippen LogP contribution in [0, 0.1) is 29.7 Å². The maximum absolute atomic E-state index is 5.32. The summed E-state index contributed by atoms with van der Waals surface area (Å²) in [5.41, 5.74) is 1.36. The lowest BCUT2D eigenvalue weighted by Crippen LogP contribution is -2.29. The molecule has 0 aliphatic carbocycles. The molecule has 2 atom stereocenters. The number of hydrogen-bond acceptors (Lipinski definition) is 1. The average Bonchev–Trinajstić information content (AvgIpc) is 2.16. The fourth-order valence-corrected chi connectivity index (χ4v) is 2.11. The lowest BCUT2D eigenvalue weighted by atomic mass is 9.74. The van der Waals surface area contributed by atoms with Gasteiger partial charge in [0.05, 0.1) is 0 Å². The molecule has 0 aromatic heterocycles. The molecular weight excluding hydrogens is 194 g/mol. The SMILES string of the molecule is C#C/N=C(\CC(C)C=C)C(CC)C(C)(C)C. The largest absolute Gasteiger partial charge is 0.207 e. The number of terminal acetylenes is 1. The minimum atomic E-state index is 0.214. The predicted molar refractivity (Wildman–Crippen MR) is 73.5 cm³/mol. The molecule has 0 aromatic rings. The number of allylic oxidation sites excluding steroid dienone is 1. The van der Waals surface area contributed by atoms with Crippen LogP contribution in [0.3, 0.4) is 0 Å². The Bertz CT molecular complexity index is 286. The molecule has 1 nitrogen and oxygen atoms in total. The summed E-state index contributed by atoms with van der Waals surface area (Å²) in [6.45, 7) is 14.9. The Morgan fingerprint density at radius 3 is 2.38 bits per heavy atom. The van der Waals surface area contributed by atoms with E-state index in [1.54, 1.807) is 0 Å². The van der Waals surface area contributed by atoms with Crippen molar-refractivity contribution in [2.75, 3.05) is 0 Å².